The molecule has 1 fully saturated rings. The van der Waals surface area contributed by atoms with Crippen molar-refractivity contribution in [3.05, 3.63) is 29.6 Å². The largest absolute Gasteiger partial charge is 0.366 e. The first-order valence-electron chi connectivity index (χ1n) is 6.30. The second-order valence-corrected chi connectivity index (χ2v) is 5.34. The van der Waals surface area contributed by atoms with Crippen molar-refractivity contribution in [2.24, 2.45) is 11.7 Å². The Morgan fingerprint density at radius 1 is 1.41 bits per heavy atom. The highest BCUT2D eigenvalue weighted by Gasteiger charge is 2.27. The standard InChI is InChI=1S/C14H21FN2/c1-9-6-10(2)17(8-9)14-5-4-12(11(3)16)7-13(14)15/h4-5,7,9-11H,6,8,16H2,1-3H3/t9?,10?,11-/m0/s1. The van der Waals surface area contributed by atoms with E-state index in [1.807, 2.05) is 19.1 Å². The van der Waals surface area contributed by atoms with Gasteiger partial charge < -0.3 is 10.6 Å². The normalized spacial score (nSPS) is 26.3. The maximum Gasteiger partial charge on any atom is 0.146 e. The van der Waals surface area contributed by atoms with Gasteiger partial charge in [0.2, 0.25) is 0 Å². The van der Waals surface area contributed by atoms with E-state index in [0.717, 1.165) is 18.5 Å². The van der Waals surface area contributed by atoms with Gasteiger partial charge in [-0.25, -0.2) is 4.39 Å². The van der Waals surface area contributed by atoms with Gasteiger partial charge in [-0.15, -0.1) is 0 Å². The van der Waals surface area contributed by atoms with Crippen LogP contribution in [0.5, 0.6) is 0 Å². The van der Waals surface area contributed by atoms with Crippen molar-refractivity contribution >= 4 is 5.69 Å². The van der Waals surface area contributed by atoms with Crippen LogP contribution < -0.4 is 10.6 Å². The second kappa shape index (κ2) is 4.65. The third-order valence-electron chi connectivity index (χ3n) is 3.59. The Morgan fingerprint density at radius 3 is 2.59 bits per heavy atom. The van der Waals surface area contributed by atoms with Crippen LogP contribution in [0.25, 0.3) is 0 Å². The summed E-state index contributed by atoms with van der Waals surface area (Å²) in [7, 11) is 0. The van der Waals surface area contributed by atoms with Gasteiger partial charge in [-0.3, -0.25) is 0 Å². The average Bonchev–Trinajstić information content (AvgIpc) is 2.57. The second-order valence-electron chi connectivity index (χ2n) is 5.34. The van der Waals surface area contributed by atoms with Crippen molar-refractivity contribution in [1.82, 2.24) is 0 Å². The fourth-order valence-electron chi connectivity index (χ4n) is 2.67. The van der Waals surface area contributed by atoms with Gasteiger partial charge >= 0.3 is 0 Å². The van der Waals surface area contributed by atoms with E-state index in [1.165, 1.54) is 0 Å². The van der Waals surface area contributed by atoms with Crippen molar-refractivity contribution in [1.29, 1.82) is 0 Å². The van der Waals surface area contributed by atoms with Gasteiger partial charge in [-0.05, 0) is 43.9 Å². The highest BCUT2D eigenvalue weighted by molar-refractivity contribution is 5.51. The third-order valence-corrected chi connectivity index (χ3v) is 3.59. The smallest absolute Gasteiger partial charge is 0.146 e. The Balaban J connectivity index is 2.28. The summed E-state index contributed by atoms with van der Waals surface area (Å²) in [6, 6.07) is 5.66. The lowest BCUT2D eigenvalue weighted by atomic mass is 10.1. The molecule has 1 aliphatic rings. The molecule has 2 N–H and O–H groups in total. The molecule has 0 saturated carbocycles. The number of nitrogens with two attached hydrogens (primary N) is 1. The van der Waals surface area contributed by atoms with Crippen LogP contribution in [-0.2, 0) is 0 Å². The van der Waals surface area contributed by atoms with Gasteiger partial charge in [0, 0.05) is 18.6 Å². The predicted molar refractivity (Wildman–Crippen MR) is 69.6 cm³/mol. The number of halogens is 1. The molecular formula is C14H21FN2. The van der Waals surface area contributed by atoms with Crippen LogP contribution in [-0.4, -0.2) is 12.6 Å². The summed E-state index contributed by atoms with van der Waals surface area (Å²) < 4.78 is 14.1. The van der Waals surface area contributed by atoms with Gasteiger partial charge in [0.25, 0.3) is 0 Å². The van der Waals surface area contributed by atoms with Gasteiger partial charge in [0.05, 0.1) is 5.69 Å². The van der Waals surface area contributed by atoms with Gasteiger partial charge in [0.1, 0.15) is 5.82 Å². The Hall–Kier alpha value is -1.09. The van der Waals surface area contributed by atoms with E-state index < -0.39 is 0 Å². The van der Waals surface area contributed by atoms with Gasteiger partial charge in [0.15, 0.2) is 0 Å². The van der Waals surface area contributed by atoms with Crippen molar-refractivity contribution in [2.75, 3.05) is 11.4 Å². The van der Waals surface area contributed by atoms with Crippen LogP contribution in [0, 0.1) is 11.7 Å². The first kappa shape index (κ1) is 12.4. The molecule has 3 heteroatoms. The Morgan fingerprint density at radius 2 is 2.12 bits per heavy atom. The van der Waals surface area contributed by atoms with Crippen LogP contribution in [0.4, 0.5) is 10.1 Å². The molecule has 1 aromatic rings. The topological polar surface area (TPSA) is 29.3 Å². The quantitative estimate of drug-likeness (QED) is 0.855. The molecule has 1 aliphatic heterocycles. The number of rotatable bonds is 2. The molecule has 2 rings (SSSR count). The van der Waals surface area contributed by atoms with Gasteiger partial charge in [-0.1, -0.05) is 13.0 Å². The minimum Gasteiger partial charge on any atom is -0.366 e. The van der Waals surface area contributed by atoms with E-state index in [-0.39, 0.29) is 11.9 Å². The molecule has 3 atom stereocenters. The minimum absolute atomic E-state index is 0.117. The van der Waals surface area contributed by atoms with E-state index in [1.54, 1.807) is 6.07 Å². The molecule has 0 spiro atoms. The maximum absolute atomic E-state index is 14.1. The highest BCUT2D eigenvalue weighted by atomic mass is 19.1. The fraction of sp³-hybridized carbons (Fsp3) is 0.571. The fourth-order valence-corrected chi connectivity index (χ4v) is 2.67. The summed E-state index contributed by atoms with van der Waals surface area (Å²) in [5.74, 6) is 0.484. The number of hydrogen-bond acceptors (Lipinski definition) is 2. The van der Waals surface area contributed by atoms with Crippen molar-refractivity contribution < 1.29 is 4.39 Å². The molecule has 17 heavy (non-hydrogen) atoms. The molecule has 1 saturated heterocycles. The third kappa shape index (κ3) is 2.44. The van der Waals surface area contributed by atoms with E-state index in [4.69, 9.17) is 5.73 Å². The molecule has 94 valence electrons. The van der Waals surface area contributed by atoms with Crippen LogP contribution in [0.1, 0.15) is 38.8 Å². The number of hydrogen-bond donors (Lipinski definition) is 1. The van der Waals surface area contributed by atoms with E-state index in [9.17, 15) is 4.39 Å². The lowest BCUT2D eigenvalue weighted by Gasteiger charge is -2.25. The Labute approximate surface area is 103 Å². The Bertz CT molecular complexity index is 403. The van der Waals surface area contributed by atoms with Crippen molar-refractivity contribution in [2.45, 2.75) is 39.3 Å². The summed E-state index contributed by atoms with van der Waals surface area (Å²) >= 11 is 0. The van der Waals surface area contributed by atoms with Crippen LogP contribution >= 0.6 is 0 Å². The molecule has 1 heterocycles. The molecule has 2 nitrogen and oxygen atoms in total. The van der Waals surface area contributed by atoms with Crippen LogP contribution in [0.2, 0.25) is 0 Å². The zero-order chi connectivity index (χ0) is 12.6. The molecule has 2 unspecified atom stereocenters. The molecular weight excluding hydrogens is 215 g/mol. The van der Waals surface area contributed by atoms with Crippen molar-refractivity contribution in [3.63, 3.8) is 0 Å². The first-order valence-corrected chi connectivity index (χ1v) is 6.30. The SMILES string of the molecule is CC1CC(C)N(c2ccc([C@H](C)N)cc2F)C1. The number of benzene rings is 1. The summed E-state index contributed by atoms with van der Waals surface area (Å²) in [6.07, 6.45) is 1.13. The van der Waals surface area contributed by atoms with Crippen LogP contribution in [0.3, 0.4) is 0 Å². The van der Waals surface area contributed by atoms with Crippen LogP contribution in [0.15, 0.2) is 18.2 Å². The molecule has 0 amide bonds. The molecule has 0 aromatic heterocycles. The monoisotopic (exact) mass is 236 g/mol. The average molecular weight is 236 g/mol. The number of nitrogens with zero attached hydrogens (tertiary/aromatic N) is 1. The molecule has 0 radical (unpaired) electrons. The van der Waals surface area contributed by atoms with E-state index in [0.29, 0.717) is 17.6 Å². The highest BCUT2D eigenvalue weighted by Crippen LogP contribution is 2.31. The molecule has 0 bridgehead atoms. The molecule has 0 aliphatic carbocycles. The Kier molecular flexibility index (Phi) is 3.38. The van der Waals surface area contributed by atoms with E-state index >= 15 is 0 Å². The number of anilines is 1. The minimum atomic E-state index is -0.152. The summed E-state index contributed by atoms with van der Waals surface area (Å²) in [5, 5.41) is 0. The lowest BCUT2D eigenvalue weighted by Crippen LogP contribution is -2.27. The van der Waals surface area contributed by atoms with E-state index in [2.05, 4.69) is 18.7 Å². The lowest BCUT2D eigenvalue weighted by molar-refractivity contribution is 0.608. The predicted octanol–water partition coefficient (Wildman–Crippen LogP) is 3.08. The van der Waals surface area contributed by atoms with Gasteiger partial charge in [-0.2, -0.15) is 0 Å². The van der Waals surface area contributed by atoms with Crippen molar-refractivity contribution in [3.8, 4) is 0 Å². The summed E-state index contributed by atoms with van der Waals surface area (Å²) in [5.41, 5.74) is 7.32. The first-order chi connectivity index (χ1) is 7.99. The zero-order valence-corrected chi connectivity index (χ0v) is 10.8. The summed E-state index contributed by atoms with van der Waals surface area (Å²) in [4.78, 5) is 2.16. The maximum atomic E-state index is 14.1. The summed E-state index contributed by atoms with van der Waals surface area (Å²) in [6.45, 7) is 7.18. The zero-order valence-electron chi connectivity index (χ0n) is 10.8. The molecule has 1 aromatic carbocycles.